The van der Waals surface area contributed by atoms with Crippen LogP contribution < -0.4 is 0 Å². The summed E-state index contributed by atoms with van der Waals surface area (Å²) in [5.74, 6) is 5.94. The summed E-state index contributed by atoms with van der Waals surface area (Å²) in [7, 11) is 0. The van der Waals surface area contributed by atoms with Gasteiger partial charge in [-0.15, -0.1) is 5.92 Å². The molecule has 0 N–H and O–H groups in total. The molecule has 0 aromatic heterocycles. The average molecular weight is 307 g/mol. The highest BCUT2D eigenvalue weighted by Gasteiger charge is 2.13. The molecule has 0 fully saturated rings. The summed E-state index contributed by atoms with van der Waals surface area (Å²) in [4.78, 5) is 20.8. The molecule has 1 atom stereocenters. The number of allylic oxidation sites excluding steroid dienone is 1. The van der Waals surface area contributed by atoms with E-state index in [1.54, 1.807) is 6.08 Å². The van der Waals surface area contributed by atoms with Gasteiger partial charge in [-0.3, -0.25) is 10.1 Å². The molecule has 1 unspecified atom stereocenters. The van der Waals surface area contributed by atoms with Crippen molar-refractivity contribution in [3.05, 3.63) is 22.3 Å². The van der Waals surface area contributed by atoms with Crippen LogP contribution in [0.4, 0.5) is 0 Å². The Hall–Kier alpha value is -1.63. The van der Waals surface area contributed by atoms with E-state index in [-0.39, 0.29) is 4.92 Å². The van der Waals surface area contributed by atoms with Crippen molar-refractivity contribution in [2.75, 3.05) is 0 Å². The molecule has 0 aromatic rings. The van der Waals surface area contributed by atoms with Crippen molar-refractivity contribution in [1.29, 1.82) is 0 Å². The number of unbranched alkanes of at least 4 members (excludes halogenated alkanes) is 8. The molecular formula is C18H29NO3. The molecule has 0 spiro atoms. The minimum atomic E-state index is -0.686. The molecule has 0 saturated heterocycles. The van der Waals surface area contributed by atoms with E-state index < -0.39 is 6.04 Å². The highest BCUT2D eigenvalue weighted by Crippen LogP contribution is 2.07. The number of hydrogen-bond acceptors (Lipinski definition) is 3. The first-order valence-corrected chi connectivity index (χ1v) is 8.41. The first-order chi connectivity index (χ1) is 10.7. The molecule has 0 heterocycles. The fourth-order valence-electron chi connectivity index (χ4n) is 2.04. The van der Waals surface area contributed by atoms with Crippen molar-refractivity contribution >= 4 is 6.29 Å². The zero-order valence-corrected chi connectivity index (χ0v) is 13.8. The lowest BCUT2D eigenvalue weighted by Crippen LogP contribution is -2.15. The van der Waals surface area contributed by atoms with Gasteiger partial charge in [0.2, 0.25) is 6.04 Å². The Labute approximate surface area is 134 Å². The average Bonchev–Trinajstić information content (AvgIpc) is 2.50. The lowest BCUT2D eigenvalue weighted by molar-refractivity contribution is -0.508. The SMILES string of the molecule is CCCCCC#CCC(C=CCCCCCCC=O)[N+](=O)[O-]. The van der Waals surface area contributed by atoms with Crippen molar-refractivity contribution in [2.24, 2.45) is 0 Å². The molecule has 124 valence electrons. The second-order valence-electron chi connectivity index (χ2n) is 5.45. The number of aldehydes is 1. The van der Waals surface area contributed by atoms with Crippen LogP contribution in [0.5, 0.6) is 0 Å². The fraction of sp³-hybridized carbons (Fsp3) is 0.722. The van der Waals surface area contributed by atoms with Crippen molar-refractivity contribution in [3.63, 3.8) is 0 Å². The standard InChI is InChI=1S/C18H29NO3/c1-2-3-4-5-9-12-15-18(19(21)22)16-13-10-7-6-8-11-14-17-20/h13,16-18H,2-8,10-11,14-15H2,1H3. The monoisotopic (exact) mass is 307 g/mol. The summed E-state index contributed by atoms with van der Waals surface area (Å²) in [6.45, 7) is 2.14. The number of rotatable bonds is 13. The second kappa shape index (κ2) is 15.8. The maximum Gasteiger partial charge on any atom is 0.242 e. The van der Waals surface area contributed by atoms with Gasteiger partial charge in [0.15, 0.2) is 0 Å². The van der Waals surface area contributed by atoms with E-state index >= 15 is 0 Å². The summed E-state index contributed by atoms with van der Waals surface area (Å²) >= 11 is 0. The zero-order valence-electron chi connectivity index (χ0n) is 13.8. The molecule has 0 aromatic carbocycles. The predicted octanol–water partition coefficient (Wildman–Crippen LogP) is 4.70. The van der Waals surface area contributed by atoms with Crippen LogP contribution in [-0.2, 0) is 4.79 Å². The predicted molar refractivity (Wildman–Crippen MR) is 90.2 cm³/mol. The Kier molecular flexibility index (Phi) is 14.6. The molecule has 22 heavy (non-hydrogen) atoms. The van der Waals surface area contributed by atoms with Gasteiger partial charge >= 0.3 is 0 Å². The van der Waals surface area contributed by atoms with Crippen LogP contribution in [-0.4, -0.2) is 17.3 Å². The smallest absolute Gasteiger partial charge is 0.242 e. The minimum Gasteiger partial charge on any atom is -0.303 e. The fourth-order valence-corrected chi connectivity index (χ4v) is 2.04. The Morgan fingerprint density at radius 2 is 1.77 bits per heavy atom. The van der Waals surface area contributed by atoms with E-state index in [2.05, 4.69) is 18.8 Å². The Morgan fingerprint density at radius 3 is 2.41 bits per heavy atom. The third-order valence-electron chi connectivity index (χ3n) is 3.41. The number of nitrogens with zero attached hydrogens (tertiary/aromatic N) is 1. The molecule has 4 heteroatoms. The molecular weight excluding hydrogens is 278 g/mol. The van der Waals surface area contributed by atoms with E-state index in [0.29, 0.717) is 12.8 Å². The van der Waals surface area contributed by atoms with Crippen LogP contribution in [0, 0.1) is 22.0 Å². The lowest BCUT2D eigenvalue weighted by atomic mass is 10.1. The largest absolute Gasteiger partial charge is 0.303 e. The Morgan fingerprint density at radius 1 is 1.05 bits per heavy atom. The van der Waals surface area contributed by atoms with Gasteiger partial charge in [0, 0.05) is 17.8 Å². The molecule has 0 rings (SSSR count). The number of hydrogen-bond donors (Lipinski definition) is 0. The van der Waals surface area contributed by atoms with Crippen LogP contribution in [0.15, 0.2) is 12.2 Å². The minimum absolute atomic E-state index is 0.263. The molecule has 0 amide bonds. The van der Waals surface area contributed by atoms with Crippen LogP contribution in [0.25, 0.3) is 0 Å². The van der Waals surface area contributed by atoms with Crippen molar-refractivity contribution < 1.29 is 9.72 Å². The highest BCUT2D eigenvalue weighted by molar-refractivity contribution is 5.48. The van der Waals surface area contributed by atoms with Crippen LogP contribution in [0.1, 0.15) is 77.6 Å². The summed E-state index contributed by atoms with van der Waals surface area (Å²) in [5, 5.41) is 11.0. The van der Waals surface area contributed by atoms with Gasteiger partial charge in [0.25, 0.3) is 0 Å². The van der Waals surface area contributed by atoms with Gasteiger partial charge in [-0.1, -0.05) is 44.6 Å². The van der Waals surface area contributed by atoms with Gasteiger partial charge < -0.3 is 4.79 Å². The summed E-state index contributed by atoms with van der Waals surface area (Å²) < 4.78 is 0. The third-order valence-corrected chi connectivity index (χ3v) is 3.41. The van der Waals surface area contributed by atoms with Gasteiger partial charge in [0.05, 0.1) is 6.42 Å². The molecule has 0 aliphatic rings. The van der Waals surface area contributed by atoms with E-state index in [1.165, 1.54) is 6.42 Å². The molecule has 4 nitrogen and oxygen atoms in total. The summed E-state index contributed by atoms with van der Waals surface area (Å²) in [6.07, 6.45) is 14.6. The van der Waals surface area contributed by atoms with Crippen molar-refractivity contribution in [1.82, 2.24) is 0 Å². The second-order valence-corrected chi connectivity index (χ2v) is 5.45. The quantitative estimate of drug-likeness (QED) is 0.124. The first-order valence-electron chi connectivity index (χ1n) is 8.41. The van der Waals surface area contributed by atoms with E-state index in [4.69, 9.17) is 0 Å². The number of carbonyl (C=O) groups is 1. The topological polar surface area (TPSA) is 60.2 Å². The maximum absolute atomic E-state index is 11.0. The summed E-state index contributed by atoms with van der Waals surface area (Å²) in [6, 6.07) is -0.686. The lowest BCUT2D eigenvalue weighted by Gasteiger charge is -2.00. The Balaban J connectivity index is 3.85. The Bertz CT molecular complexity index is 380. The van der Waals surface area contributed by atoms with Crippen molar-refractivity contribution in [2.45, 2.75) is 83.6 Å². The van der Waals surface area contributed by atoms with Crippen LogP contribution in [0.3, 0.4) is 0 Å². The molecule has 0 aliphatic heterocycles. The maximum atomic E-state index is 11.0. The first kappa shape index (κ1) is 20.4. The molecule has 0 radical (unpaired) electrons. The highest BCUT2D eigenvalue weighted by atomic mass is 16.6. The molecule has 0 saturated carbocycles. The van der Waals surface area contributed by atoms with E-state index in [0.717, 1.165) is 57.7 Å². The van der Waals surface area contributed by atoms with Crippen molar-refractivity contribution in [3.8, 4) is 11.8 Å². The van der Waals surface area contributed by atoms with Gasteiger partial charge in [-0.25, -0.2) is 0 Å². The van der Waals surface area contributed by atoms with Gasteiger partial charge in [-0.05, 0) is 31.8 Å². The molecule has 0 aliphatic carbocycles. The normalized spacial score (nSPS) is 11.9. The van der Waals surface area contributed by atoms with Gasteiger partial charge in [0.1, 0.15) is 6.29 Å². The number of carbonyl (C=O) groups excluding carboxylic acids is 1. The van der Waals surface area contributed by atoms with E-state index in [1.807, 2.05) is 6.08 Å². The van der Waals surface area contributed by atoms with Crippen LogP contribution in [0.2, 0.25) is 0 Å². The third kappa shape index (κ3) is 13.4. The summed E-state index contributed by atoms with van der Waals surface area (Å²) in [5.41, 5.74) is 0. The van der Waals surface area contributed by atoms with E-state index in [9.17, 15) is 14.9 Å². The number of nitro groups is 1. The zero-order chi connectivity index (χ0) is 16.5. The van der Waals surface area contributed by atoms with Crippen LogP contribution >= 0.6 is 0 Å². The van der Waals surface area contributed by atoms with Gasteiger partial charge in [-0.2, -0.15) is 0 Å². The molecule has 0 bridgehead atoms.